The van der Waals surface area contributed by atoms with Crippen molar-refractivity contribution in [3.8, 4) is 0 Å². The van der Waals surface area contributed by atoms with Gasteiger partial charge in [-0.05, 0) is 18.2 Å². The Kier molecular flexibility index (Phi) is 3.74. The molecule has 0 saturated carbocycles. The van der Waals surface area contributed by atoms with Crippen LogP contribution in [0.2, 0.25) is 5.02 Å². The van der Waals surface area contributed by atoms with E-state index in [2.05, 4.69) is 14.9 Å². The third-order valence-corrected chi connectivity index (χ3v) is 4.01. The van der Waals surface area contributed by atoms with Crippen LogP contribution in [-0.2, 0) is 16.6 Å². The molecule has 0 radical (unpaired) electrons. The second-order valence-electron chi connectivity index (χ2n) is 3.74. The average Bonchev–Trinajstić information content (AvgIpc) is 2.76. The lowest BCUT2D eigenvalue weighted by molar-refractivity contribution is 0.387. The fraction of sp³-hybridized carbons (Fsp3) is 0.200. The number of hydrogen-bond acceptors (Lipinski definition) is 6. The monoisotopic (exact) mass is 302 g/mol. The Morgan fingerprint density at radius 1 is 1.47 bits per heavy atom. The van der Waals surface area contributed by atoms with Crippen LogP contribution >= 0.6 is 11.6 Å². The highest BCUT2D eigenvalue weighted by molar-refractivity contribution is 7.89. The third kappa shape index (κ3) is 3.22. The number of aryl methyl sites for hydroxylation is 1. The van der Waals surface area contributed by atoms with E-state index < -0.39 is 10.0 Å². The largest absolute Gasteiger partial charge is 0.397 e. The fourth-order valence-electron chi connectivity index (χ4n) is 1.35. The molecule has 1 aromatic carbocycles. The van der Waals surface area contributed by atoms with Crippen LogP contribution in [-0.4, -0.2) is 18.6 Å². The molecule has 0 atom stereocenters. The third-order valence-electron chi connectivity index (χ3n) is 2.27. The van der Waals surface area contributed by atoms with Gasteiger partial charge < -0.3 is 10.3 Å². The molecule has 9 heteroatoms. The van der Waals surface area contributed by atoms with E-state index in [1.807, 2.05) is 0 Å². The molecule has 3 N–H and O–H groups in total. The second kappa shape index (κ2) is 5.16. The first-order chi connectivity index (χ1) is 8.88. The number of halogens is 1. The number of nitrogens with two attached hydrogens (primary N) is 1. The minimum Gasteiger partial charge on any atom is -0.397 e. The van der Waals surface area contributed by atoms with Crippen LogP contribution in [0.4, 0.5) is 5.69 Å². The van der Waals surface area contributed by atoms with Gasteiger partial charge in [0.05, 0.1) is 22.2 Å². The van der Waals surface area contributed by atoms with Crippen molar-refractivity contribution in [1.29, 1.82) is 0 Å². The second-order valence-corrected chi connectivity index (χ2v) is 5.91. The highest BCUT2D eigenvalue weighted by atomic mass is 35.5. The molecule has 2 aromatic rings. The van der Waals surface area contributed by atoms with Crippen LogP contribution in [0.25, 0.3) is 0 Å². The van der Waals surface area contributed by atoms with E-state index in [9.17, 15) is 8.42 Å². The lowest BCUT2D eigenvalue weighted by Gasteiger charge is -2.06. The number of benzene rings is 1. The van der Waals surface area contributed by atoms with E-state index in [0.717, 1.165) is 0 Å². The highest BCUT2D eigenvalue weighted by Crippen LogP contribution is 2.22. The summed E-state index contributed by atoms with van der Waals surface area (Å²) >= 11 is 5.73. The summed E-state index contributed by atoms with van der Waals surface area (Å²) in [6, 6.07) is 4.07. The van der Waals surface area contributed by atoms with Crippen molar-refractivity contribution in [2.24, 2.45) is 0 Å². The zero-order valence-corrected chi connectivity index (χ0v) is 11.5. The van der Waals surface area contributed by atoms with Crippen LogP contribution in [0.5, 0.6) is 0 Å². The zero-order valence-electron chi connectivity index (χ0n) is 9.92. The van der Waals surface area contributed by atoms with Crippen molar-refractivity contribution in [2.75, 3.05) is 5.73 Å². The SMILES string of the molecule is Cc1nc(CNS(=O)(=O)c2ccc(Cl)c(N)c2)no1. The van der Waals surface area contributed by atoms with E-state index in [1.165, 1.54) is 18.2 Å². The Labute approximate surface area is 114 Å². The molecule has 19 heavy (non-hydrogen) atoms. The number of nitrogens with one attached hydrogen (secondary N) is 1. The summed E-state index contributed by atoms with van der Waals surface area (Å²) in [7, 11) is -3.70. The van der Waals surface area contributed by atoms with E-state index in [1.54, 1.807) is 6.92 Å². The lowest BCUT2D eigenvalue weighted by atomic mass is 10.3. The van der Waals surface area contributed by atoms with Gasteiger partial charge in [0.25, 0.3) is 0 Å². The van der Waals surface area contributed by atoms with Crippen molar-refractivity contribution in [2.45, 2.75) is 18.4 Å². The molecule has 1 heterocycles. The molecule has 1 aromatic heterocycles. The summed E-state index contributed by atoms with van der Waals surface area (Å²) in [6.45, 7) is 1.55. The number of nitrogens with zero attached hydrogens (tertiary/aromatic N) is 2. The number of aromatic nitrogens is 2. The average molecular weight is 303 g/mol. The Balaban J connectivity index is 2.16. The summed E-state index contributed by atoms with van der Waals surface area (Å²) in [6.07, 6.45) is 0. The van der Waals surface area contributed by atoms with Crippen molar-refractivity contribution >= 4 is 27.3 Å². The van der Waals surface area contributed by atoms with Crippen LogP contribution < -0.4 is 10.5 Å². The van der Waals surface area contributed by atoms with Gasteiger partial charge in [0.1, 0.15) is 0 Å². The predicted octanol–water partition coefficient (Wildman–Crippen LogP) is 1.09. The quantitative estimate of drug-likeness (QED) is 0.818. The van der Waals surface area contributed by atoms with E-state index in [-0.39, 0.29) is 23.0 Å². The molecular formula is C10H11ClN4O3S. The van der Waals surface area contributed by atoms with E-state index in [0.29, 0.717) is 10.9 Å². The van der Waals surface area contributed by atoms with E-state index in [4.69, 9.17) is 21.9 Å². The summed E-state index contributed by atoms with van der Waals surface area (Å²) in [5.74, 6) is 0.618. The molecule has 0 saturated heterocycles. The molecule has 0 fully saturated rings. The maximum Gasteiger partial charge on any atom is 0.241 e. The van der Waals surface area contributed by atoms with Crippen LogP contribution in [0, 0.1) is 6.92 Å². The topological polar surface area (TPSA) is 111 Å². The molecule has 2 rings (SSSR count). The van der Waals surface area contributed by atoms with Gasteiger partial charge in [-0.3, -0.25) is 0 Å². The zero-order chi connectivity index (χ0) is 14.0. The van der Waals surface area contributed by atoms with Gasteiger partial charge in [0.15, 0.2) is 5.82 Å². The molecule has 102 valence electrons. The number of rotatable bonds is 4. The molecule has 0 aliphatic rings. The summed E-state index contributed by atoms with van der Waals surface area (Å²) in [5, 5.41) is 3.88. The summed E-state index contributed by atoms with van der Waals surface area (Å²) < 4.78 is 31.0. The van der Waals surface area contributed by atoms with Crippen LogP contribution in [0.15, 0.2) is 27.6 Å². The molecule has 0 spiro atoms. The van der Waals surface area contributed by atoms with Gasteiger partial charge in [-0.15, -0.1) is 0 Å². The Morgan fingerprint density at radius 3 is 2.79 bits per heavy atom. The minimum absolute atomic E-state index is 0.0228. The molecule has 0 aliphatic heterocycles. The standard InChI is InChI=1S/C10H11ClN4O3S/c1-6-14-10(15-18-6)5-13-19(16,17)7-2-3-8(11)9(12)4-7/h2-4,13H,5,12H2,1H3. The highest BCUT2D eigenvalue weighted by Gasteiger charge is 2.16. The smallest absolute Gasteiger partial charge is 0.241 e. The van der Waals surface area contributed by atoms with E-state index >= 15 is 0 Å². The maximum atomic E-state index is 12.0. The Morgan fingerprint density at radius 2 is 2.21 bits per heavy atom. The minimum atomic E-state index is -3.70. The van der Waals surface area contributed by atoms with Crippen molar-refractivity contribution in [3.05, 3.63) is 34.9 Å². The molecule has 0 aliphatic carbocycles. The molecule has 7 nitrogen and oxygen atoms in total. The van der Waals surface area contributed by atoms with Crippen molar-refractivity contribution < 1.29 is 12.9 Å². The van der Waals surface area contributed by atoms with Crippen LogP contribution in [0.1, 0.15) is 11.7 Å². The Bertz CT molecular complexity index is 699. The van der Waals surface area contributed by atoms with Gasteiger partial charge in [-0.25, -0.2) is 13.1 Å². The van der Waals surface area contributed by atoms with Gasteiger partial charge in [-0.1, -0.05) is 16.8 Å². The van der Waals surface area contributed by atoms with Crippen molar-refractivity contribution in [1.82, 2.24) is 14.9 Å². The maximum absolute atomic E-state index is 12.0. The van der Waals surface area contributed by atoms with Gasteiger partial charge in [-0.2, -0.15) is 4.98 Å². The summed E-state index contributed by atoms with van der Waals surface area (Å²) in [4.78, 5) is 3.91. The molecule has 0 unspecified atom stereocenters. The number of sulfonamides is 1. The first-order valence-corrected chi connectivity index (χ1v) is 7.08. The predicted molar refractivity (Wildman–Crippen MR) is 68.9 cm³/mol. The van der Waals surface area contributed by atoms with Crippen molar-refractivity contribution in [3.63, 3.8) is 0 Å². The lowest BCUT2D eigenvalue weighted by Crippen LogP contribution is -2.24. The van der Waals surface area contributed by atoms with Crippen LogP contribution in [0.3, 0.4) is 0 Å². The Hall–Kier alpha value is -1.64. The first kappa shape index (κ1) is 13.8. The van der Waals surface area contributed by atoms with Gasteiger partial charge in [0.2, 0.25) is 15.9 Å². The normalized spacial score (nSPS) is 11.7. The molecule has 0 bridgehead atoms. The van der Waals surface area contributed by atoms with Gasteiger partial charge in [0, 0.05) is 6.92 Å². The molecule has 0 amide bonds. The van der Waals surface area contributed by atoms with Gasteiger partial charge >= 0.3 is 0 Å². The number of hydrogen-bond donors (Lipinski definition) is 2. The number of nitrogen functional groups attached to an aromatic ring is 1. The summed E-state index contributed by atoms with van der Waals surface area (Å²) in [5.41, 5.74) is 5.76. The number of anilines is 1. The fourth-order valence-corrected chi connectivity index (χ4v) is 2.48. The molecular weight excluding hydrogens is 292 g/mol. The first-order valence-electron chi connectivity index (χ1n) is 5.22.